The molecule has 7 atom stereocenters. The van der Waals surface area contributed by atoms with E-state index in [-0.39, 0.29) is 16.9 Å². The van der Waals surface area contributed by atoms with Gasteiger partial charge < -0.3 is 5.11 Å². The van der Waals surface area contributed by atoms with Gasteiger partial charge in [0.15, 0.2) is 0 Å². The molecule has 0 aromatic heterocycles. The van der Waals surface area contributed by atoms with Crippen LogP contribution in [0.25, 0.3) is 0 Å². The van der Waals surface area contributed by atoms with E-state index in [1.165, 1.54) is 12.0 Å². The molecule has 1 N–H and O–H groups in total. The fraction of sp³-hybridized carbons (Fsp3) is 0.857. The number of hydrogen-bond acceptors (Lipinski definition) is 2. The summed E-state index contributed by atoms with van der Waals surface area (Å²) >= 11 is 0. The van der Waals surface area contributed by atoms with Gasteiger partial charge in [-0.3, -0.25) is 4.79 Å². The number of Topliss-reactive ketones (excluding diaryl/α,β-unsaturated/α-hetero) is 1. The standard InChI is InChI=1S/C21H32O2/c1-4-13-11-18-16-6-5-14-12-15(22)7-9-20(14,2)17(16)8-10-21(18,3)19(13)23/h5,13,15-18,22H,4,6-12H2,1-3H3/t13?,15?,16-,17-,18+,20+,21+/m1/s1. The van der Waals surface area contributed by atoms with Gasteiger partial charge in [0.05, 0.1) is 6.10 Å². The second-order valence-corrected chi connectivity index (χ2v) is 9.32. The predicted molar refractivity (Wildman–Crippen MR) is 91.9 cm³/mol. The van der Waals surface area contributed by atoms with E-state index in [1.54, 1.807) is 0 Å². The molecule has 0 spiro atoms. The molecule has 2 nitrogen and oxygen atoms in total. The SMILES string of the molecule is CCC1C[C@H]2[C@@H]3CC=C4CC(O)CC[C@]4(C)[C@@H]3CC[C@]2(C)C1=O. The van der Waals surface area contributed by atoms with Crippen LogP contribution in [0.15, 0.2) is 11.6 Å². The molecule has 0 saturated heterocycles. The highest BCUT2D eigenvalue weighted by atomic mass is 16.3. The van der Waals surface area contributed by atoms with Crippen LogP contribution < -0.4 is 0 Å². The van der Waals surface area contributed by atoms with E-state index in [2.05, 4.69) is 26.8 Å². The van der Waals surface area contributed by atoms with Crippen molar-refractivity contribution < 1.29 is 9.90 Å². The third kappa shape index (κ3) is 2.06. The van der Waals surface area contributed by atoms with Crippen molar-refractivity contribution in [3.63, 3.8) is 0 Å². The number of allylic oxidation sites excluding steroid dienone is 1. The molecule has 2 unspecified atom stereocenters. The number of fused-ring (bicyclic) bond motifs is 5. The van der Waals surface area contributed by atoms with Gasteiger partial charge in [-0.2, -0.15) is 0 Å². The summed E-state index contributed by atoms with van der Waals surface area (Å²) in [4.78, 5) is 12.9. The number of ketones is 1. The molecule has 4 rings (SSSR count). The third-order valence-electron chi connectivity index (χ3n) is 8.43. The summed E-state index contributed by atoms with van der Waals surface area (Å²) in [6.45, 7) is 6.92. The Morgan fingerprint density at radius 2 is 1.91 bits per heavy atom. The van der Waals surface area contributed by atoms with Crippen LogP contribution in [-0.2, 0) is 4.79 Å². The van der Waals surface area contributed by atoms with Gasteiger partial charge in [-0.1, -0.05) is 32.4 Å². The fourth-order valence-corrected chi connectivity index (χ4v) is 6.93. The van der Waals surface area contributed by atoms with Gasteiger partial charge in [-0.05, 0) is 74.5 Å². The summed E-state index contributed by atoms with van der Waals surface area (Å²) in [6, 6.07) is 0. The zero-order valence-corrected chi connectivity index (χ0v) is 15.0. The Hall–Kier alpha value is -0.630. The second-order valence-electron chi connectivity index (χ2n) is 9.32. The van der Waals surface area contributed by atoms with Crippen LogP contribution in [0, 0.1) is 34.5 Å². The molecule has 3 saturated carbocycles. The zero-order chi connectivity index (χ0) is 16.4. The monoisotopic (exact) mass is 316 g/mol. The molecule has 0 bridgehead atoms. The van der Waals surface area contributed by atoms with Crippen molar-refractivity contribution in [1.29, 1.82) is 0 Å². The van der Waals surface area contributed by atoms with E-state index in [4.69, 9.17) is 0 Å². The molecule has 0 radical (unpaired) electrons. The van der Waals surface area contributed by atoms with Crippen molar-refractivity contribution in [3.05, 3.63) is 11.6 Å². The lowest BCUT2D eigenvalue weighted by Crippen LogP contribution is -2.50. The Morgan fingerprint density at radius 1 is 1.17 bits per heavy atom. The molecular formula is C21H32O2. The molecule has 0 aliphatic heterocycles. The van der Waals surface area contributed by atoms with Gasteiger partial charge >= 0.3 is 0 Å². The Labute approximate surface area is 140 Å². The summed E-state index contributed by atoms with van der Waals surface area (Å²) < 4.78 is 0. The number of aliphatic hydroxyl groups excluding tert-OH is 1. The lowest BCUT2D eigenvalue weighted by molar-refractivity contribution is -0.134. The van der Waals surface area contributed by atoms with Crippen LogP contribution in [0.1, 0.15) is 72.1 Å². The van der Waals surface area contributed by atoms with Crippen molar-refractivity contribution in [2.75, 3.05) is 0 Å². The van der Waals surface area contributed by atoms with Crippen LogP contribution in [0.2, 0.25) is 0 Å². The predicted octanol–water partition coefficient (Wildman–Crippen LogP) is 4.52. The number of carbonyl (C=O) groups is 1. The van der Waals surface area contributed by atoms with Gasteiger partial charge in [0.2, 0.25) is 0 Å². The van der Waals surface area contributed by atoms with E-state index in [0.29, 0.717) is 23.5 Å². The smallest absolute Gasteiger partial charge is 0.142 e. The highest BCUT2D eigenvalue weighted by molar-refractivity contribution is 5.89. The average Bonchev–Trinajstić information content (AvgIpc) is 2.79. The quantitative estimate of drug-likeness (QED) is 0.722. The van der Waals surface area contributed by atoms with Crippen molar-refractivity contribution in [1.82, 2.24) is 0 Å². The van der Waals surface area contributed by atoms with E-state index in [0.717, 1.165) is 50.9 Å². The molecule has 4 aliphatic carbocycles. The maximum Gasteiger partial charge on any atom is 0.142 e. The maximum absolute atomic E-state index is 12.9. The molecule has 23 heavy (non-hydrogen) atoms. The molecule has 0 heterocycles. The first-order valence-electron chi connectivity index (χ1n) is 9.82. The zero-order valence-electron chi connectivity index (χ0n) is 15.0. The molecule has 2 heteroatoms. The number of hydrogen-bond donors (Lipinski definition) is 1. The van der Waals surface area contributed by atoms with E-state index < -0.39 is 0 Å². The van der Waals surface area contributed by atoms with Crippen LogP contribution in [0.3, 0.4) is 0 Å². The summed E-state index contributed by atoms with van der Waals surface area (Å²) in [7, 11) is 0. The van der Waals surface area contributed by atoms with Crippen LogP contribution >= 0.6 is 0 Å². The van der Waals surface area contributed by atoms with Gasteiger partial charge in [0, 0.05) is 11.3 Å². The summed E-state index contributed by atoms with van der Waals surface area (Å²) in [5, 5.41) is 10.1. The van der Waals surface area contributed by atoms with Crippen molar-refractivity contribution in [2.45, 2.75) is 78.2 Å². The fourth-order valence-electron chi connectivity index (χ4n) is 6.93. The third-order valence-corrected chi connectivity index (χ3v) is 8.43. The Bertz CT molecular complexity index is 550. The molecule has 0 aromatic carbocycles. The van der Waals surface area contributed by atoms with Crippen molar-refractivity contribution in [3.8, 4) is 0 Å². The normalized spacial score (nSPS) is 52.4. The van der Waals surface area contributed by atoms with E-state index >= 15 is 0 Å². The highest BCUT2D eigenvalue weighted by Gasteiger charge is 2.60. The lowest BCUT2D eigenvalue weighted by atomic mass is 9.48. The number of aliphatic hydroxyl groups is 1. The number of rotatable bonds is 1. The van der Waals surface area contributed by atoms with Gasteiger partial charge in [-0.25, -0.2) is 0 Å². The number of carbonyl (C=O) groups excluding carboxylic acids is 1. The van der Waals surface area contributed by atoms with E-state index in [1.807, 2.05) is 0 Å². The van der Waals surface area contributed by atoms with Crippen LogP contribution in [-0.4, -0.2) is 17.0 Å². The Kier molecular flexibility index (Phi) is 3.58. The van der Waals surface area contributed by atoms with Crippen molar-refractivity contribution >= 4 is 5.78 Å². The molecule has 128 valence electrons. The van der Waals surface area contributed by atoms with Gasteiger partial charge in [0.1, 0.15) is 5.78 Å². The molecular weight excluding hydrogens is 284 g/mol. The molecule has 0 amide bonds. The topological polar surface area (TPSA) is 37.3 Å². The minimum atomic E-state index is -0.128. The van der Waals surface area contributed by atoms with Gasteiger partial charge in [-0.15, -0.1) is 0 Å². The highest BCUT2D eigenvalue weighted by Crippen LogP contribution is 2.64. The largest absolute Gasteiger partial charge is 0.393 e. The Balaban J connectivity index is 1.68. The molecule has 3 fully saturated rings. The first-order chi connectivity index (χ1) is 10.9. The first-order valence-corrected chi connectivity index (χ1v) is 9.82. The molecule has 4 aliphatic rings. The minimum Gasteiger partial charge on any atom is -0.393 e. The first kappa shape index (κ1) is 15.9. The molecule has 0 aromatic rings. The van der Waals surface area contributed by atoms with E-state index in [9.17, 15) is 9.90 Å². The van der Waals surface area contributed by atoms with Crippen LogP contribution in [0.5, 0.6) is 0 Å². The van der Waals surface area contributed by atoms with Crippen molar-refractivity contribution in [2.24, 2.45) is 34.5 Å². The lowest BCUT2D eigenvalue weighted by Gasteiger charge is -2.56. The average molecular weight is 316 g/mol. The summed E-state index contributed by atoms with van der Waals surface area (Å²) in [5.74, 6) is 2.91. The maximum atomic E-state index is 12.9. The minimum absolute atomic E-state index is 0.0439. The summed E-state index contributed by atoms with van der Waals surface area (Å²) in [6.07, 6.45) is 10.9. The van der Waals surface area contributed by atoms with Crippen LogP contribution in [0.4, 0.5) is 0 Å². The summed E-state index contributed by atoms with van der Waals surface area (Å²) in [5.41, 5.74) is 1.77. The Morgan fingerprint density at radius 3 is 2.65 bits per heavy atom. The second kappa shape index (κ2) is 5.18. The van der Waals surface area contributed by atoms with Gasteiger partial charge in [0.25, 0.3) is 0 Å².